The predicted molar refractivity (Wildman–Crippen MR) is 220 cm³/mol. The van der Waals surface area contributed by atoms with Crippen molar-refractivity contribution in [2.75, 3.05) is 0 Å². The van der Waals surface area contributed by atoms with Gasteiger partial charge in [-0.25, -0.2) is 53.9 Å². The highest BCUT2D eigenvalue weighted by Crippen LogP contribution is 2.42. The van der Waals surface area contributed by atoms with Crippen LogP contribution in [0.5, 0.6) is 0 Å². The Balaban J connectivity index is 1.54. The highest BCUT2D eigenvalue weighted by Gasteiger charge is 2.31. The molecular weight excluding hydrogens is 823 g/mol. The molecule has 0 radical (unpaired) electrons. The van der Waals surface area contributed by atoms with Crippen LogP contribution in [0.15, 0.2) is 86.0 Å². The van der Waals surface area contributed by atoms with Crippen LogP contribution < -0.4 is 0 Å². The molecule has 4 nitrogen and oxygen atoms in total. The quantitative estimate of drug-likeness (QED) is 0.0995. The first-order valence-electron chi connectivity index (χ1n) is 18.5. The van der Waals surface area contributed by atoms with Gasteiger partial charge >= 0.3 is 0 Å². The van der Waals surface area contributed by atoms with Gasteiger partial charge in [0.05, 0.1) is 33.9 Å². The summed E-state index contributed by atoms with van der Waals surface area (Å²) in [5, 5.41) is 0. The third-order valence-electron chi connectivity index (χ3n) is 10.5. The van der Waals surface area contributed by atoms with E-state index in [-0.39, 0.29) is 56.0 Å². The zero-order chi connectivity index (χ0) is 43.7. The van der Waals surface area contributed by atoms with Crippen molar-refractivity contribution in [3.05, 3.63) is 178 Å². The van der Waals surface area contributed by atoms with Gasteiger partial charge in [0.2, 0.25) is 11.6 Å². The third-order valence-corrected chi connectivity index (χ3v) is 10.5. The summed E-state index contributed by atoms with van der Waals surface area (Å²) in [6, 6.07) is 19.0. The van der Waals surface area contributed by atoms with Gasteiger partial charge in [-0.15, -0.1) is 0 Å². The Labute approximate surface area is 344 Å². The summed E-state index contributed by atoms with van der Waals surface area (Å²) >= 11 is 0. The fraction of sp³-hybridized carbons (Fsp3) is 0. The second-order valence-electron chi connectivity index (χ2n) is 14.1. The molecular formula is C48H24F10N4. The van der Waals surface area contributed by atoms with Crippen molar-refractivity contribution in [3.8, 4) is 44.5 Å². The fourth-order valence-corrected chi connectivity index (χ4v) is 7.63. The molecule has 4 aromatic carbocycles. The average Bonchev–Trinajstić information content (AvgIpc) is 4.14. The van der Waals surface area contributed by atoms with Crippen LogP contribution in [0, 0.1) is 58.2 Å². The van der Waals surface area contributed by atoms with Crippen LogP contribution >= 0.6 is 0 Å². The Hall–Kier alpha value is -7.74. The molecule has 0 saturated carbocycles. The van der Waals surface area contributed by atoms with Crippen molar-refractivity contribution in [2.24, 2.45) is 0 Å². The number of H-pyrrole nitrogens is 2. The van der Waals surface area contributed by atoms with Crippen LogP contribution in [0.1, 0.15) is 33.9 Å². The van der Waals surface area contributed by atoms with Gasteiger partial charge in [-0.3, -0.25) is 0 Å². The maximum absolute atomic E-state index is 15.9. The molecule has 2 aliphatic heterocycles. The first-order chi connectivity index (χ1) is 29.8. The van der Waals surface area contributed by atoms with Crippen LogP contribution in [-0.2, 0) is 0 Å². The van der Waals surface area contributed by atoms with E-state index in [4.69, 9.17) is 0 Å². The molecule has 5 heterocycles. The zero-order valence-corrected chi connectivity index (χ0v) is 31.5. The van der Waals surface area contributed by atoms with E-state index >= 15 is 35.1 Å². The molecule has 0 atom stereocenters. The van der Waals surface area contributed by atoms with Crippen LogP contribution in [0.4, 0.5) is 43.9 Å². The summed E-state index contributed by atoms with van der Waals surface area (Å²) in [6.07, 6.45) is 8.51. The average molecular weight is 847 g/mol. The summed E-state index contributed by atoms with van der Waals surface area (Å²) in [5.74, 6) is -22.0. The molecule has 7 aromatic rings. The highest BCUT2D eigenvalue weighted by atomic mass is 19.2. The second-order valence-corrected chi connectivity index (χ2v) is 14.1. The fourth-order valence-electron chi connectivity index (χ4n) is 7.63. The van der Waals surface area contributed by atoms with Gasteiger partial charge in [0.25, 0.3) is 0 Å². The number of aromatic nitrogens is 4. The zero-order valence-electron chi connectivity index (χ0n) is 31.5. The maximum atomic E-state index is 15.9. The molecule has 3 aromatic heterocycles. The van der Waals surface area contributed by atoms with Crippen molar-refractivity contribution >= 4 is 58.5 Å². The van der Waals surface area contributed by atoms with Crippen LogP contribution in [-0.4, -0.2) is 19.9 Å². The summed E-state index contributed by atoms with van der Waals surface area (Å²) in [5.41, 5.74) is -1.40. The first kappa shape index (κ1) is 39.7. The molecule has 2 aliphatic rings. The molecule has 2 N–H and O–H groups in total. The summed E-state index contributed by atoms with van der Waals surface area (Å²) in [6.45, 7) is 7.60. The number of fused-ring (bicyclic) bond motifs is 8. The molecule has 0 fully saturated rings. The SMILES string of the molecule is C=Cc1cccc(-c2c3nc(c(-c4c(F)c(F)c(F)c(F)c4F)c4ccc([nH]4)c(-c4cccc(C=C)c4)c4nc(c(-c5c(F)c(F)c(F)c(F)c5F)c5ccc2[nH]5)C=C4)C=C3)c1. The molecule has 62 heavy (non-hydrogen) atoms. The number of nitrogens with zero attached hydrogens (tertiary/aromatic N) is 2. The number of hydrogen-bond donors (Lipinski definition) is 2. The minimum absolute atomic E-state index is 0.0647. The second kappa shape index (κ2) is 15.1. The van der Waals surface area contributed by atoms with Gasteiger partial charge in [0.1, 0.15) is 0 Å². The Bertz CT molecular complexity index is 3080. The highest BCUT2D eigenvalue weighted by molar-refractivity contribution is 6.00. The number of hydrogen-bond acceptors (Lipinski definition) is 2. The van der Waals surface area contributed by atoms with Crippen molar-refractivity contribution < 1.29 is 43.9 Å². The van der Waals surface area contributed by atoms with Gasteiger partial charge in [0.15, 0.2) is 46.5 Å². The minimum atomic E-state index is -2.36. The standard InChI is InChI=1S/C48H24F10N4/c1-3-21-7-5-9-23(19-21)33-25-11-15-29(59-25)35(37-39(49)43(53)47(57)44(54)40(37)50)31-17-13-27(61-31)34(24-10-6-8-22(4-2)20-24)28-14-18-32(62-28)36(30-16-12-26(33)60-30)38-41(51)45(55)48(58)46(56)42(38)52/h3-20,59,62H,1-2H2. The molecule has 14 heteroatoms. The van der Waals surface area contributed by atoms with Crippen molar-refractivity contribution in [2.45, 2.75) is 0 Å². The topological polar surface area (TPSA) is 57.4 Å². The lowest BCUT2D eigenvalue weighted by atomic mass is 10.0. The normalized spacial score (nSPS) is 12.0. The van der Waals surface area contributed by atoms with Gasteiger partial charge in [-0.2, -0.15) is 0 Å². The summed E-state index contributed by atoms with van der Waals surface area (Å²) in [4.78, 5) is 15.4. The van der Waals surface area contributed by atoms with Gasteiger partial charge in [-0.1, -0.05) is 61.7 Å². The Morgan fingerprint density at radius 3 is 0.968 bits per heavy atom. The third kappa shape index (κ3) is 6.25. The first-order valence-corrected chi connectivity index (χ1v) is 18.5. The molecule has 0 aliphatic carbocycles. The van der Waals surface area contributed by atoms with Gasteiger partial charge in [0, 0.05) is 44.3 Å². The van der Waals surface area contributed by atoms with E-state index in [2.05, 4.69) is 33.1 Å². The number of aromatic amines is 2. The number of halogens is 10. The molecule has 0 spiro atoms. The van der Waals surface area contributed by atoms with Crippen molar-refractivity contribution in [1.29, 1.82) is 0 Å². The molecule has 0 amide bonds. The van der Waals surface area contributed by atoms with E-state index in [9.17, 15) is 8.78 Å². The minimum Gasteiger partial charge on any atom is -0.354 e. The summed E-state index contributed by atoms with van der Waals surface area (Å²) < 4.78 is 152. The lowest BCUT2D eigenvalue weighted by Crippen LogP contribution is -2.05. The van der Waals surface area contributed by atoms with Crippen LogP contribution in [0.25, 0.3) is 103 Å². The van der Waals surface area contributed by atoms with E-state index in [1.165, 1.54) is 60.7 Å². The molecule has 0 saturated heterocycles. The number of rotatable bonds is 6. The monoisotopic (exact) mass is 846 g/mol. The smallest absolute Gasteiger partial charge is 0.200 e. The number of nitrogens with one attached hydrogen (secondary N) is 2. The van der Waals surface area contributed by atoms with Gasteiger partial charge in [-0.05, 0) is 83.0 Å². The van der Waals surface area contributed by atoms with E-state index in [0.29, 0.717) is 22.3 Å². The maximum Gasteiger partial charge on any atom is 0.200 e. The lowest BCUT2D eigenvalue weighted by Gasteiger charge is -2.11. The molecule has 0 unspecified atom stereocenters. The largest absolute Gasteiger partial charge is 0.354 e. The van der Waals surface area contributed by atoms with Gasteiger partial charge < -0.3 is 9.97 Å². The van der Waals surface area contributed by atoms with Crippen LogP contribution in [0.3, 0.4) is 0 Å². The Kier molecular flexibility index (Phi) is 9.65. The Morgan fingerprint density at radius 2 is 0.645 bits per heavy atom. The molecule has 8 bridgehead atoms. The van der Waals surface area contributed by atoms with Crippen molar-refractivity contribution in [3.63, 3.8) is 0 Å². The number of benzene rings is 4. The lowest BCUT2D eigenvalue weighted by molar-refractivity contribution is 0.381. The molecule has 306 valence electrons. The summed E-state index contributed by atoms with van der Waals surface area (Å²) in [7, 11) is 0. The van der Waals surface area contributed by atoms with E-state index in [0.717, 1.165) is 0 Å². The molecule has 9 rings (SSSR count). The Morgan fingerprint density at radius 1 is 0.355 bits per heavy atom. The predicted octanol–water partition coefficient (Wildman–Crippen LogP) is 14.0. The van der Waals surface area contributed by atoms with E-state index in [1.807, 2.05) is 0 Å². The van der Waals surface area contributed by atoms with E-state index < -0.39 is 80.4 Å². The van der Waals surface area contributed by atoms with Crippen LogP contribution in [0.2, 0.25) is 0 Å². The van der Waals surface area contributed by atoms with E-state index in [1.54, 1.807) is 48.5 Å². The van der Waals surface area contributed by atoms with Crippen molar-refractivity contribution in [1.82, 2.24) is 19.9 Å².